The van der Waals surface area contributed by atoms with Gasteiger partial charge in [-0.2, -0.15) is 0 Å². The summed E-state index contributed by atoms with van der Waals surface area (Å²) in [4.78, 5) is 12.0. The fraction of sp³-hybridized carbons (Fsp3) is 0.864. The van der Waals surface area contributed by atoms with Gasteiger partial charge in [0.1, 0.15) is 24.4 Å². The zero-order valence-corrected chi connectivity index (χ0v) is 18.7. The van der Waals surface area contributed by atoms with Gasteiger partial charge in [-0.3, -0.25) is 0 Å². The van der Waals surface area contributed by atoms with Crippen molar-refractivity contribution in [1.82, 2.24) is 0 Å². The molecule has 32 heavy (non-hydrogen) atoms. The molecule has 10 nitrogen and oxygen atoms in total. The molecule has 10 heteroatoms. The van der Waals surface area contributed by atoms with Crippen LogP contribution >= 0.6 is 0 Å². The molecule has 1 aliphatic heterocycles. The molecule has 0 aromatic carbocycles. The summed E-state index contributed by atoms with van der Waals surface area (Å²) in [5.41, 5.74) is -0.468. The molecule has 2 aliphatic carbocycles. The molecule has 0 aromatic rings. The Balaban J connectivity index is 1.85. The highest BCUT2D eigenvalue weighted by Gasteiger charge is 2.59. The standard InChI is InChI=1S/C22H36O10/c1-9(20(29)30-4)11-5-6-22(3)14(7-12(24)10(2)15(22)16(11)25)32-21-19(28)18(27)17(26)13(8-23)31-21/h10-19,21,23-28H,1,5-8H2,2-4H3/t10-,11-,12-,13+,14+,15+,16-,17+,18-,19+,21-,22-/m0/s1. The number of carbonyl (C=O) groups is 1. The van der Waals surface area contributed by atoms with E-state index in [2.05, 4.69) is 6.58 Å². The van der Waals surface area contributed by atoms with Gasteiger partial charge < -0.3 is 44.8 Å². The second kappa shape index (κ2) is 9.63. The molecule has 0 bridgehead atoms. The topological polar surface area (TPSA) is 166 Å². The van der Waals surface area contributed by atoms with E-state index in [-0.39, 0.29) is 17.9 Å². The Kier molecular flexibility index (Phi) is 7.68. The molecule has 3 aliphatic rings. The van der Waals surface area contributed by atoms with E-state index in [1.807, 2.05) is 13.8 Å². The Morgan fingerprint density at radius 2 is 1.78 bits per heavy atom. The lowest BCUT2D eigenvalue weighted by molar-refractivity contribution is -0.332. The summed E-state index contributed by atoms with van der Waals surface area (Å²) < 4.78 is 16.3. The molecule has 0 amide bonds. The summed E-state index contributed by atoms with van der Waals surface area (Å²) in [5, 5.41) is 61.9. The maximum Gasteiger partial charge on any atom is 0.333 e. The summed E-state index contributed by atoms with van der Waals surface area (Å²) in [7, 11) is 1.25. The maximum atomic E-state index is 12.0. The van der Waals surface area contributed by atoms with E-state index < -0.39 is 78.8 Å². The lowest BCUT2D eigenvalue weighted by Crippen LogP contribution is -2.64. The molecule has 3 rings (SSSR count). The minimum Gasteiger partial charge on any atom is -0.466 e. The van der Waals surface area contributed by atoms with Gasteiger partial charge in [-0.25, -0.2) is 4.79 Å². The number of carbonyl (C=O) groups excluding carboxylic acids is 1. The molecule has 1 saturated heterocycles. The largest absolute Gasteiger partial charge is 0.466 e. The lowest BCUT2D eigenvalue weighted by Gasteiger charge is -2.58. The van der Waals surface area contributed by atoms with Gasteiger partial charge in [0.2, 0.25) is 0 Å². The van der Waals surface area contributed by atoms with E-state index >= 15 is 0 Å². The molecule has 3 fully saturated rings. The van der Waals surface area contributed by atoms with Crippen molar-refractivity contribution < 1.29 is 49.6 Å². The number of hydrogen-bond acceptors (Lipinski definition) is 10. The van der Waals surface area contributed by atoms with Crippen molar-refractivity contribution in [3.05, 3.63) is 12.2 Å². The lowest BCUT2D eigenvalue weighted by atomic mass is 9.51. The van der Waals surface area contributed by atoms with Crippen molar-refractivity contribution in [3.63, 3.8) is 0 Å². The van der Waals surface area contributed by atoms with Crippen molar-refractivity contribution in [2.24, 2.45) is 23.2 Å². The summed E-state index contributed by atoms with van der Waals surface area (Å²) in [6, 6.07) is 0. The molecule has 184 valence electrons. The number of fused-ring (bicyclic) bond motifs is 1. The van der Waals surface area contributed by atoms with Crippen LogP contribution in [0.25, 0.3) is 0 Å². The van der Waals surface area contributed by atoms with E-state index in [0.717, 1.165) is 0 Å². The average Bonchev–Trinajstić information content (AvgIpc) is 2.76. The zero-order chi connectivity index (χ0) is 24.0. The molecule has 1 heterocycles. The van der Waals surface area contributed by atoms with Gasteiger partial charge >= 0.3 is 5.97 Å². The summed E-state index contributed by atoms with van der Waals surface area (Å²) in [6.45, 7) is 6.99. The minimum absolute atomic E-state index is 0.181. The predicted molar refractivity (Wildman–Crippen MR) is 110 cm³/mol. The van der Waals surface area contributed by atoms with E-state index in [9.17, 15) is 35.4 Å². The number of methoxy groups -OCH3 is 1. The first-order valence-electron chi connectivity index (χ1n) is 11.1. The van der Waals surface area contributed by atoms with E-state index in [4.69, 9.17) is 14.2 Å². The predicted octanol–water partition coefficient (Wildman–Crippen LogP) is -1.31. The summed E-state index contributed by atoms with van der Waals surface area (Å²) in [5.74, 6) is -1.88. The monoisotopic (exact) mass is 460 g/mol. The first-order chi connectivity index (χ1) is 15.0. The van der Waals surface area contributed by atoms with Gasteiger partial charge in [0, 0.05) is 17.9 Å². The third kappa shape index (κ3) is 4.23. The van der Waals surface area contributed by atoms with Crippen LogP contribution in [-0.2, 0) is 19.0 Å². The van der Waals surface area contributed by atoms with Gasteiger partial charge in [-0.15, -0.1) is 0 Å². The van der Waals surface area contributed by atoms with E-state index in [1.165, 1.54) is 7.11 Å². The number of esters is 1. The van der Waals surface area contributed by atoms with Crippen LogP contribution < -0.4 is 0 Å². The Labute approximate surface area is 187 Å². The van der Waals surface area contributed by atoms with Crippen LogP contribution in [0.15, 0.2) is 12.2 Å². The normalized spacial score (nSPS) is 49.2. The van der Waals surface area contributed by atoms with Crippen LogP contribution in [0.5, 0.6) is 0 Å². The molecular formula is C22H36O10. The molecule has 2 saturated carbocycles. The quantitative estimate of drug-likeness (QED) is 0.214. The van der Waals surface area contributed by atoms with E-state index in [1.54, 1.807) is 0 Å². The number of rotatable bonds is 5. The molecule has 0 spiro atoms. The highest BCUT2D eigenvalue weighted by molar-refractivity contribution is 5.88. The van der Waals surface area contributed by atoms with Gasteiger partial charge in [0.05, 0.1) is 32.0 Å². The SMILES string of the molecule is C=C(C(=O)OC)[C@@H]1CC[C@]2(C)[C@H]([C@@H](C)[C@@H](O)C[C@H]2O[C@@H]2O[C@H](CO)[C@@H](O)[C@H](O)[C@H]2O)[C@H]1O. The minimum atomic E-state index is -1.58. The van der Waals surface area contributed by atoms with Crippen molar-refractivity contribution in [2.45, 2.75) is 82.1 Å². The van der Waals surface area contributed by atoms with Gasteiger partial charge in [-0.1, -0.05) is 20.4 Å². The third-order valence-corrected chi connectivity index (χ3v) is 7.94. The molecule has 12 atom stereocenters. The second-order valence-electron chi connectivity index (χ2n) is 9.67. The molecule has 0 aromatic heterocycles. The van der Waals surface area contributed by atoms with Crippen molar-refractivity contribution in [3.8, 4) is 0 Å². The van der Waals surface area contributed by atoms with Crippen molar-refractivity contribution in [1.29, 1.82) is 0 Å². The molecular weight excluding hydrogens is 424 g/mol. The molecule has 0 unspecified atom stereocenters. The van der Waals surface area contributed by atoms with Gasteiger partial charge in [-0.05, 0) is 30.1 Å². The Morgan fingerprint density at radius 1 is 1.12 bits per heavy atom. The number of hydrogen-bond donors (Lipinski definition) is 6. The highest BCUT2D eigenvalue weighted by Crippen LogP contribution is 2.56. The smallest absolute Gasteiger partial charge is 0.333 e. The van der Waals surface area contributed by atoms with Crippen LogP contribution in [-0.4, -0.2) is 99.3 Å². The number of ether oxygens (including phenoxy) is 3. The van der Waals surface area contributed by atoms with Crippen LogP contribution in [0.3, 0.4) is 0 Å². The Bertz CT molecular complexity index is 698. The van der Waals surface area contributed by atoms with Crippen LogP contribution in [0, 0.1) is 23.2 Å². The van der Waals surface area contributed by atoms with Crippen LogP contribution in [0.2, 0.25) is 0 Å². The molecule has 6 N–H and O–H groups in total. The first-order valence-corrected chi connectivity index (χ1v) is 11.1. The number of aliphatic hydroxyl groups excluding tert-OH is 6. The fourth-order valence-corrected chi connectivity index (χ4v) is 5.89. The zero-order valence-electron chi connectivity index (χ0n) is 18.7. The van der Waals surface area contributed by atoms with E-state index in [0.29, 0.717) is 12.8 Å². The van der Waals surface area contributed by atoms with Crippen LogP contribution in [0.1, 0.15) is 33.1 Å². The average molecular weight is 461 g/mol. The van der Waals surface area contributed by atoms with Gasteiger partial charge in [0.15, 0.2) is 6.29 Å². The third-order valence-electron chi connectivity index (χ3n) is 7.94. The van der Waals surface area contributed by atoms with Crippen LogP contribution in [0.4, 0.5) is 0 Å². The molecule has 0 radical (unpaired) electrons. The van der Waals surface area contributed by atoms with Crippen molar-refractivity contribution >= 4 is 5.97 Å². The van der Waals surface area contributed by atoms with Gasteiger partial charge in [0.25, 0.3) is 0 Å². The van der Waals surface area contributed by atoms with Crippen molar-refractivity contribution in [2.75, 3.05) is 13.7 Å². The maximum absolute atomic E-state index is 12.0. The Hall–Kier alpha value is -1.11. The first kappa shape index (κ1) is 25.5. The second-order valence-corrected chi connectivity index (χ2v) is 9.67. The summed E-state index contributed by atoms with van der Waals surface area (Å²) in [6.07, 6.45) is -8.38. The number of aliphatic hydroxyl groups is 6. The fourth-order valence-electron chi connectivity index (χ4n) is 5.89. The Morgan fingerprint density at radius 3 is 2.38 bits per heavy atom. The highest BCUT2D eigenvalue weighted by atomic mass is 16.7. The summed E-state index contributed by atoms with van der Waals surface area (Å²) >= 11 is 0.